The van der Waals surface area contributed by atoms with Gasteiger partial charge in [0.25, 0.3) is 0 Å². The van der Waals surface area contributed by atoms with Crippen LogP contribution in [0.5, 0.6) is 5.75 Å². The molecule has 0 radical (unpaired) electrons. The first kappa shape index (κ1) is 19.5. The summed E-state index contributed by atoms with van der Waals surface area (Å²) in [7, 11) is 1.66. The Morgan fingerprint density at radius 3 is 2.52 bits per heavy atom. The van der Waals surface area contributed by atoms with Crippen molar-refractivity contribution >= 4 is 23.1 Å². The van der Waals surface area contributed by atoms with E-state index in [1.165, 1.54) is 12.1 Å². The Kier molecular flexibility index (Phi) is 5.87. The second-order valence-electron chi connectivity index (χ2n) is 6.31. The number of hydrogen-bond donors (Lipinski definition) is 0. The van der Waals surface area contributed by atoms with Crippen molar-refractivity contribution in [3.63, 3.8) is 0 Å². The van der Waals surface area contributed by atoms with Crippen LogP contribution in [-0.4, -0.2) is 22.3 Å². The van der Waals surface area contributed by atoms with Crippen LogP contribution in [0.4, 0.5) is 4.39 Å². The van der Waals surface area contributed by atoms with Gasteiger partial charge < -0.3 is 4.74 Å². The Hall–Kier alpha value is -2.77. The fourth-order valence-electron chi connectivity index (χ4n) is 2.83. The number of ether oxygens (including phenoxy) is 1. The number of hydrogen-bond acceptors (Lipinski definition) is 6. The van der Waals surface area contributed by atoms with Gasteiger partial charge in [-0.2, -0.15) is 0 Å². The van der Waals surface area contributed by atoms with E-state index in [0.29, 0.717) is 5.75 Å². The fraction of sp³-hybridized carbons (Fsp3) is 0.136. The molecule has 0 aliphatic heterocycles. The van der Waals surface area contributed by atoms with Crippen LogP contribution in [-0.2, 0) is 5.75 Å². The summed E-state index contributed by atoms with van der Waals surface area (Å²) in [5.74, 6) is 1.29. The predicted octanol–water partition coefficient (Wildman–Crippen LogP) is 6.02. The van der Waals surface area contributed by atoms with Crippen LogP contribution in [0, 0.1) is 12.7 Å². The van der Waals surface area contributed by atoms with Crippen molar-refractivity contribution < 1.29 is 9.13 Å². The number of aromatic nitrogens is 3. The first-order chi connectivity index (χ1) is 14.1. The second kappa shape index (κ2) is 8.71. The minimum Gasteiger partial charge on any atom is -0.496 e. The van der Waals surface area contributed by atoms with Crippen LogP contribution in [0.15, 0.2) is 65.7 Å². The maximum atomic E-state index is 13.0. The van der Waals surface area contributed by atoms with E-state index in [9.17, 15) is 4.39 Å². The van der Waals surface area contributed by atoms with E-state index in [1.807, 2.05) is 43.3 Å². The summed E-state index contributed by atoms with van der Waals surface area (Å²) in [5.41, 5.74) is 3.72. The highest BCUT2D eigenvalue weighted by Crippen LogP contribution is 2.38. The van der Waals surface area contributed by atoms with E-state index in [1.54, 1.807) is 42.3 Å². The lowest BCUT2D eigenvalue weighted by Gasteiger charge is -2.04. The van der Waals surface area contributed by atoms with Crippen molar-refractivity contribution in [1.82, 2.24) is 15.2 Å². The number of nitrogens with zero attached hydrogens (tertiary/aromatic N) is 3. The van der Waals surface area contributed by atoms with Gasteiger partial charge in [-0.05, 0) is 48.9 Å². The number of aryl methyl sites for hydroxylation is 1. The number of methoxy groups -OCH3 is 1. The molecule has 7 heteroatoms. The quantitative estimate of drug-likeness (QED) is 0.355. The molecule has 146 valence electrons. The van der Waals surface area contributed by atoms with Crippen LogP contribution in [0.2, 0.25) is 0 Å². The van der Waals surface area contributed by atoms with Gasteiger partial charge in [0.05, 0.1) is 23.2 Å². The van der Waals surface area contributed by atoms with Gasteiger partial charge in [-0.25, -0.2) is 9.37 Å². The minimum absolute atomic E-state index is 0.227. The van der Waals surface area contributed by atoms with Crippen molar-refractivity contribution in [2.24, 2.45) is 0 Å². The highest BCUT2D eigenvalue weighted by Gasteiger charge is 2.15. The van der Waals surface area contributed by atoms with E-state index in [2.05, 4.69) is 10.2 Å². The minimum atomic E-state index is -0.227. The summed E-state index contributed by atoms with van der Waals surface area (Å²) in [4.78, 5) is 5.70. The van der Waals surface area contributed by atoms with Gasteiger partial charge in [0.2, 0.25) is 0 Å². The van der Waals surface area contributed by atoms with Crippen molar-refractivity contribution in [3.8, 4) is 26.9 Å². The molecule has 0 atom stereocenters. The summed E-state index contributed by atoms with van der Waals surface area (Å²) >= 11 is 3.15. The molecule has 29 heavy (non-hydrogen) atoms. The lowest BCUT2D eigenvalue weighted by Crippen LogP contribution is -1.90. The monoisotopic (exact) mass is 423 g/mol. The Morgan fingerprint density at radius 2 is 1.79 bits per heavy atom. The zero-order valence-corrected chi connectivity index (χ0v) is 17.6. The third-order valence-electron chi connectivity index (χ3n) is 4.31. The highest BCUT2D eigenvalue weighted by molar-refractivity contribution is 7.98. The molecular formula is C22H18FN3OS2. The van der Waals surface area contributed by atoms with Crippen molar-refractivity contribution in [2.45, 2.75) is 17.7 Å². The van der Waals surface area contributed by atoms with Crippen LogP contribution in [0.25, 0.3) is 21.1 Å². The van der Waals surface area contributed by atoms with Gasteiger partial charge in [0.15, 0.2) is 0 Å². The Balaban J connectivity index is 1.52. The molecule has 2 heterocycles. The average Bonchev–Trinajstić information content (AvgIpc) is 3.15. The molecular weight excluding hydrogens is 405 g/mol. The molecule has 2 aromatic carbocycles. The fourth-order valence-corrected chi connectivity index (χ4v) is 4.66. The zero-order chi connectivity index (χ0) is 20.2. The molecule has 4 rings (SSSR count). The summed E-state index contributed by atoms with van der Waals surface area (Å²) in [6, 6.07) is 18.3. The molecule has 0 aliphatic rings. The lowest BCUT2D eigenvalue weighted by molar-refractivity contribution is 0.416. The van der Waals surface area contributed by atoms with Crippen LogP contribution in [0.3, 0.4) is 0 Å². The molecule has 0 spiro atoms. The van der Waals surface area contributed by atoms with E-state index in [4.69, 9.17) is 9.72 Å². The summed E-state index contributed by atoms with van der Waals surface area (Å²) in [6.07, 6.45) is 0. The second-order valence-corrected chi connectivity index (χ2v) is 8.30. The van der Waals surface area contributed by atoms with E-state index >= 15 is 0 Å². The highest BCUT2D eigenvalue weighted by atomic mass is 32.2. The predicted molar refractivity (Wildman–Crippen MR) is 116 cm³/mol. The topological polar surface area (TPSA) is 47.9 Å². The third-order valence-corrected chi connectivity index (χ3v) is 6.51. The summed E-state index contributed by atoms with van der Waals surface area (Å²) in [5, 5.41) is 10.5. The van der Waals surface area contributed by atoms with Crippen molar-refractivity contribution in [1.29, 1.82) is 0 Å². The van der Waals surface area contributed by atoms with Crippen LogP contribution in [0.1, 0.15) is 11.3 Å². The zero-order valence-electron chi connectivity index (χ0n) is 15.9. The molecule has 0 saturated carbocycles. The number of rotatable bonds is 6. The maximum Gasteiger partial charge on any atom is 0.129 e. The van der Waals surface area contributed by atoms with Gasteiger partial charge >= 0.3 is 0 Å². The summed E-state index contributed by atoms with van der Waals surface area (Å²) < 4.78 is 18.5. The normalized spacial score (nSPS) is 10.9. The SMILES string of the molecule is COc1ccccc1-c1nc(C)c(-c2ccc(SCc3ccc(F)cc3)nn2)s1. The Labute approximate surface area is 176 Å². The van der Waals surface area contributed by atoms with Crippen molar-refractivity contribution in [2.75, 3.05) is 7.11 Å². The van der Waals surface area contributed by atoms with Crippen molar-refractivity contribution in [3.05, 3.63) is 77.7 Å². The lowest BCUT2D eigenvalue weighted by atomic mass is 10.2. The van der Waals surface area contributed by atoms with E-state index < -0.39 is 0 Å². The standard InChI is InChI=1S/C22H18FN3OS2/c1-14-21(29-22(24-14)17-5-3-4-6-19(17)27-2)18-11-12-20(26-25-18)28-13-15-7-9-16(23)10-8-15/h3-12H,13H2,1-2H3. The number of thiazole rings is 1. The molecule has 0 unspecified atom stereocenters. The third kappa shape index (κ3) is 4.46. The number of halogens is 1. The first-order valence-electron chi connectivity index (χ1n) is 8.96. The molecule has 4 aromatic rings. The largest absolute Gasteiger partial charge is 0.496 e. The maximum absolute atomic E-state index is 13.0. The molecule has 0 bridgehead atoms. The molecule has 0 saturated heterocycles. The van der Waals surface area contributed by atoms with Gasteiger partial charge in [-0.15, -0.1) is 21.5 Å². The van der Waals surface area contributed by atoms with E-state index in [0.717, 1.165) is 43.2 Å². The smallest absolute Gasteiger partial charge is 0.129 e. The number of para-hydroxylation sites is 1. The molecule has 0 aliphatic carbocycles. The molecule has 0 N–H and O–H groups in total. The average molecular weight is 424 g/mol. The van der Waals surface area contributed by atoms with Gasteiger partial charge in [0, 0.05) is 5.75 Å². The van der Waals surface area contributed by atoms with Crippen LogP contribution >= 0.6 is 23.1 Å². The number of thioether (sulfide) groups is 1. The number of benzene rings is 2. The Bertz CT molecular complexity index is 1110. The van der Waals surface area contributed by atoms with Gasteiger partial charge in [0.1, 0.15) is 27.3 Å². The van der Waals surface area contributed by atoms with Crippen LogP contribution < -0.4 is 4.74 Å². The summed E-state index contributed by atoms with van der Waals surface area (Å²) in [6.45, 7) is 1.98. The molecule has 4 nitrogen and oxygen atoms in total. The molecule has 0 amide bonds. The molecule has 2 aromatic heterocycles. The first-order valence-corrected chi connectivity index (χ1v) is 10.8. The van der Waals surface area contributed by atoms with Gasteiger partial charge in [-0.1, -0.05) is 36.0 Å². The molecule has 0 fully saturated rings. The van der Waals surface area contributed by atoms with E-state index in [-0.39, 0.29) is 5.82 Å². The Morgan fingerprint density at radius 1 is 1.00 bits per heavy atom. The van der Waals surface area contributed by atoms with Gasteiger partial charge in [-0.3, -0.25) is 0 Å².